The number of rotatable bonds is 6. The first kappa shape index (κ1) is 17.4. The van der Waals surface area contributed by atoms with Gasteiger partial charge in [-0.15, -0.1) is 0 Å². The van der Waals surface area contributed by atoms with Crippen LogP contribution in [0.1, 0.15) is 32.3 Å². The quantitative estimate of drug-likeness (QED) is 0.742. The minimum Gasteiger partial charge on any atom is -0.391 e. The minimum absolute atomic E-state index is 0.275. The second-order valence-corrected chi connectivity index (χ2v) is 6.67. The Balaban J connectivity index is 1.69. The molecule has 1 saturated heterocycles. The molecule has 0 saturated carbocycles. The van der Waals surface area contributed by atoms with E-state index >= 15 is 0 Å². The zero-order valence-electron chi connectivity index (χ0n) is 14.8. The van der Waals surface area contributed by atoms with Crippen molar-refractivity contribution < 1.29 is 5.11 Å². The van der Waals surface area contributed by atoms with Crippen LogP contribution in [-0.4, -0.2) is 45.3 Å². The number of hydrogen-bond acceptors (Lipinski definition) is 7. The second kappa shape index (κ2) is 8.11. The average molecular weight is 342 g/mol. The van der Waals surface area contributed by atoms with Crippen LogP contribution < -0.4 is 15.5 Å². The molecular weight excluding hydrogens is 316 g/mol. The fraction of sp³-hybridized carbons (Fsp3) is 0.500. The second-order valence-electron chi connectivity index (χ2n) is 6.67. The van der Waals surface area contributed by atoms with Crippen molar-refractivity contribution in [3.8, 4) is 0 Å². The highest BCUT2D eigenvalue weighted by Gasteiger charge is 2.20. The van der Waals surface area contributed by atoms with Crippen LogP contribution in [0.4, 0.5) is 17.5 Å². The molecule has 0 bridgehead atoms. The third-order valence-corrected chi connectivity index (χ3v) is 4.13. The Hall–Kier alpha value is -2.41. The molecule has 3 N–H and O–H groups in total. The van der Waals surface area contributed by atoms with E-state index in [1.807, 2.05) is 12.1 Å². The summed E-state index contributed by atoms with van der Waals surface area (Å²) in [6.45, 7) is 6.33. The van der Waals surface area contributed by atoms with Gasteiger partial charge in [0.05, 0.1) is 6.10 Å². The Morgan fingerprint density at radius 3 is 2.92 bits per heavy atom. The predicted molar refractivity (Wildman–Crippen MR) is 99.8 cm³/mol. The van der Waals surface area contributed by atoms with Gasteiger partial charge in [0.1, 0.15) is 23.8 Å². The molecule has 0 aromatic carbocycles. The number of β-amino-alcohol motifs (C(OH)–C–C–N with tert-alkyl or cyclic N) is 1. The lowest BCUT2D eigenvalue weighted by Gasteiger charge is -2.32. The molecule has 1 unspecified atom stereocenters. The van der Waals surface area contributed by atoms with Crippen LogP contribution in [0.15, 0.2) is 30.7 Å². The minimum atomic E-state index is -0.275. The summed E-state index contributed by atoms with van der Waals surface area (Å²) in [5, 5.41) is 16.5. The highest BCUT2D eigenvalue weighted by Crippen LogP contribution is 2.22. The van der Waals surface area contributed by atoms with E-state index in [0.717, 1.165) is 42.4 Å². The van der Waals surface area contributed by atoms with Gasteiger partial charge < -0.3 is 20.6 Å². The number of hydrogen-bond donors (Lipinski definition) is 3. The van der Waals surface area contributed by atoms with Crippen LogP contribution >= 0.6 is 0 Å². The molecule has 7 nitrogen and oxygen atoms in total. The van der Waals surface area contributed by atoms with Crippen molar-refractivity contribution in [3.63, 3.8) is 0 Å². The molecule has 25 heavy (non-hydrogen) atoms. The molecule has 0 radical (unpaired) electrons. The Labute approximate surface area is 148 Å². The zero-order valence-corrected chi connectivity index (χ0v) is 14.8. The van der Waals surface area contributed by atoms with Gasteiger partial charge in [-0.2, -0.15) is 0 Å². The molecule has 1 fully saturated rings. The van der Waals surface area contributed by atoms with Gasteiger partial charge in [-0.3, -0.25) is 0 Å². The molecule has 134 valence electrons. The lowest BCUT2D eigenvalue weighted by Crippen LogP contribution is -2.39. The number of aliphatic hydroxyl groups is 1. The van der Waals surface area contributed by atoms with E-state index in [9.17, 15) is 5.11 Å². The highest BCUT2D eigenvalue weighted by molar-refractivity contribution is 5.51. The largest absolute Gasteiger partial charge is 0.391 e. The number of aromatic nitrogens is 3. The van der Waals surface area contributed by atoms with Crippen LogP contribution in [0.25, 0.3) is 0 Å². The maximum atomic E-state index is 9.93. The van der Waals surface area contributed by atoms with E-state index in [-0.39, 0.29) is 6.10 Å². The standard InChI is InChI=1S/C18H26N6O/c1-13(2)23-17-9-16(21-12-22-17)20-10-14-5-3-7-19-18(14)24-8-4-6-15(25)11-24/h3,5,7,9,12-13,15,25H,4,6,8,10-11H2,1-2H3,(H2,20,21,22,23). The molecule has 2 aromatic rings. The number of nitrogens with one attached hydrogen (secondary N) is 2. The van der Waals surface area contributed by atoms with Crippen molar-refractivity contribution in [2.24, 2.45) is 0 Å². The zero-order chi connectivity index (χ0) is 17.6. The molecule has 7 heteroatoms. The van der Waals surface area contributed by atoms with Crippen LogP contribution in [-0.2, 0) is 6.54 Å². The summed E-state index contributed by atoms with van der Waals surface area (Å²) in [7, 11) is 0. The molecule has 0 aliphatic carbocycles. The van der Waals surface area contributed by atoms with E-state index in [2.05, 4.69) is 50.4 Å². The first-order valence-electron chi connectivity index (χ1n) is 8.81. The first-order valence-corrected chi connectivity index (χ1v) is 8.81. The summed E-state index contributed by atoms with van der Waals surface area (Å²) < 4.78 is 0. The van der Waals surface area contributed by atoms with Crippen molar-refractivity contribution in [3.05, 3.63) is 36.3 Å². The molecular formula is C18H26N6O. The molecule has 2 aromatic heterocycles. The SMILES string of the molecule is CC(C)Nc1cc(NCc2cccnc2N2CCCC(O)C2)ncn1. The highest BCUT2D eigenvalue weighted by atomic mass is 16.3. The summed E-state index contributed by atoms with van der Waals surface area (Å²) >= 11 is 0. The van der Waals surface area contributed by atoms with Crippen molar-refractivity contribution in [1.82, 2.24) is 15.0 Å². The number of pyridine rings is 1. The van der Waals surface area contributed by atoms with Gasteiger partial charge in [-0.05, 0) is 32.8 Å². The molecule has 0 amide bonds. The molecule has 1 aliphatic rings. The molecule has 1 atom stereocenters. The summed E-state index contributed by atoms with van der Waals surface area (Å²) in [6.07, 6.45) is 4.93. The third-order valence-electron chi connectivity index (χ3n) is 4.13. The number of nitrogens with zero attached hydrogens (tertiary/aromatic N) is 4. The van der Waals surface area contributed by atoms with Crippen molar-refractivity contribution in [2.45, 2.75) is 45.4 Å². The molecule has 0 spiro atoms. The maximum Gasteiger partial charge on any atom is 0.133 e. The van der Waals surface area contributed by atoms with Gasteiger partial charge in [0.25, 0.3) is 0 Å². The van der Waals surface area contributed by atoms with Gasteiger partial charge in [-0.1, -0.05) is 6.07 Å². The van der Waals surface area contributed by atoms with Crippen LogP contribution in [0, 0.1) is 0 Å². The normalized spacial score (nSPS) is 17.6. The number of anilines is 3. The van der Waals surface area contributed by atoms with E-state index in [1.54, 1.807) is 12.5 Å². The maximum absolute atomic E-state index is 9.93. The van der Waals surface area contributed by atoms with Crippen molar-refractivity contribution in [1.29, 1.82) is 0 Å². The molecule has 3 heterocycles. The topological polar surface area (TPSA) is 86.2 Å². The van der Waals surface area contributed by atoms with Crippen molar-refractivity contribution in [2.75, 3.05) is 28.6 Å². The van der Waals surface area contributed by atoms with E-state index in [4.69, 9.17) is 0 Å². The van der Waals surface area contributed by atoms with E-state index in [1.165, 1.54) is 0 Å². The third kappa shape index (κ3) is 4.79. The van der Waals surface area contributed by atoms with Gasteiger partial charge in [0.15, 0.2) is 0 Å². The lowest BCUT2D eigenvalue weighted by atomic mass is 10.1. The van der Waals surface area contributed by atoms with Gasteiger partial charge in [0.2, 0.25) is 0 Å². The average Bonchev–Trinajstić information content (AvgIpc) is 2.60. The summed E-state index contributed by atoms with van der Waals surface area (Å²) in [6, 6.07) is 6.22. The summed E-state index contributed by atoms with van der Waals surface area (Å²) in [5.41, 5.74) is 1.09. The summed E-state index contributed by atoms with van der Waals surface area (Å²) in [5.74, 6) is 2.51. The Morgan fingerprint density at radius 1 is 1.28 bits per heavy atom. The van der Waals surface area contributed by atoms with Crippen LogP contribution in [0.2, 0.25) is 0 Å². The van der Waals surface area contributed by atoms with E-state index in [0.29, 0.717) is 19.1 Å². The Morgan fingerprint density at radius 2 is 2.12 bits per heavy atom. The first-order chi connectivity index (χ1) is 12.1. The molecule has 3 rings (SSSR count). The fourth-order valence-electron chi connectivity index (χ4n) is 3.01. The van der Waals surface area contributed by atoms with Crippen LogP contribution in [0.3, 0.4) is 0 Å². The van der Waals surface area contributed by atoms with Gasteiger partial charge >= 0.3 is 0 Å². The van der Waals surface area contributed by atoms with Gasteiger partial charge in [0, 0.05) is 43.5 Å². The van der Waals surface area contributed by atoms with E-state index < -0.39 is 0 Å². The Kier molecular flexibility index (Phi) is 5.65. The smallest absolute Gasteiger partial charge is 0.133 e. The van der Waals surface area contributed by atoms with Crippen LogP contribution in [0.5, 0.6) is 0 Å². The predicted octanol–water partition coefficient (Wildman–Crippen LogP) is 2.27. The monoisotopic (exact) mass is 342 g/mol. The lowest BCUT2D eigenvalue weighted by molar-refractivity contribution is 0.154. The number of aliphatic hydroxyl groups excluding tert-OH is 1. The summed E-state index contributed by atoms with van der Waals surface area (Å²) in [4.78, 5) is 15.2. The Bertz CT molecular complexity index is 693. The van der Waals surface area contributed by atoms with Crippen molar-refractivity contribution >= 4 is 17.5 Å². The van der Waals surface area contributed by atoms with Gasteiger partial charge in [-0.25, -0.2) is 15.0 Å². The molecule has 1 aliphatic heterocycles. The number of piperidine rings is 1. The fourth-order valence-corrected chi connectivity index (χ4v) is 3.01.